The van der Waals surface area contributed by atoms with E-state index in [1.54, 1.807) is 0 Å². The van der Waals surface area contributed by atoms with E-state index in [0.29, 0.717) is 0 Å². The Bertz CT molecular complexity index is 652. The maximum absolute atomic E-state index is 3.67. The van der Waals surface area contributed by atoms with Gasteiger partial charge in [0.05, 0.1) is 0 Å². The van der Waals surface area contributed by atoms with Crippen LogP contribution >= 0.6 is 76.5 Å². The molecule has 4 heterocycles. The van der Waals surface area contributed by atoms with Gasteiger partial charge in [0, 0.05) is 87.6 Å². The van der Waals surface area contributed by atoms with Gasteiger partial charge in [-0.2, -0.15) is 11.8 Å². The van der Waals surface area contributed by atoms with E-state index in [1.165, 1.54) is 84.8 Å². The molecule has 0 radical (unpaired) electrons. The fraction of sp³-hybridized carbons (Fsp3) is 1.00. The van der Waals surface area contributed by atoms with Gasteiger partial charge < -0.3 is 20.9 Å². The number of rotatable bonds is 4. The van der Waals surface area contributed by atoms with Crippen LogP contribution in [0, 0.1) is 0 Å². The summed E-state index contributed by atoms with van der Waals surface area (Å²) in [6.45, 7) is 27.3. The van der Waals surface area contributed by atoms with Gasteiger partial charge >= 0.3 is 0 Å². The molecule has 0 amide bonds. The molecule has 4 aliphatic heterocycles. The van der Waals surface area contributed by atoms with Crippen LogP contribution in [0.25, 0.3) is 0 Å². The minimum Gasteiger partial charge on any atom is -0.309 e. The quantitative estimate of drug-likeness (QED) is 0.242. The third-order valence-electron chi connectivity index (χ3n) is 6.61. The Labute approximate surface area is 297 Å². The van der Waals surface area contributed by atoms with Crippen LogP contribution in [0.3, 0.4) is 0 Å². The highest BCUT2D eigenvalue weighted by molar-refractivity contribution is 8.77. The predicted octanol–water partition coefficient (Wildman–Crippen LogP) is 9.42. The molecular weight excluding hydrogens is 665 g/mol. The Hall–Kier alpha value is 2.29. The van der Waals surface area contributed by atoms with E-state index < -0.39 is 0 Å². The summed E-state index contributed by atoms with van der Waals surface area (Å²) in [5.41, 5.74) is 0.855. The van der Waals surface area contributed by atoms with E-state index in [0.717, 1.165) is 24.2 Å². The lowest BCUT2D eigenvalue weighted by Crippen LogP contribution is -2.45. The van der Waals surface area contributed by atoms with Crippen molar-refractivity contribution in [1.29, 1.82) is 0 Å². The molecule has 1 unspecified atom stereocenters. The molecule has 4 saturated heterocycles. The molecule has 4 nitrogen and oxygen atoms in total. The zero-order valence-corrected chi connectivity index (χ0v) is 35.2. The van der Waals surface area contributed by atoms with Crippen LogP contribution in [0.5, 0.6) is 0 Å². The lowest BCUT2D eigenvalue weighted by molar-refractivity contribution is 0.240. The third-order valence-corrected chi connectivity index (χ3v) is 15.2. The molecule has 43 heavy (non-hydrogen) atoms. The van der Waals surface area contributed by atoms with Crippen LogP contribution in [0.4, 0.5) is 0 Å². The van der Waals surface area contributed by atoms with Gasteiger partial charge in [-0.1, -0.05) is 64.8 Å². The number of nitrogens with one attached hydrogen (secondary N) is 3. The maximum Gasteiger partial charge on any atom is 0.0270 e. The van der Waals surface area contributed by atoms with Crippen molar-refractivity contribution in [3.05, 3.63) is 0 Å². The standard InChI is InChI=1S/C9H19NS2.C8H17NS2.C8H17NS.C7H15NS2/c1-9(2,3)10-8-4-6-11-12-7-5-8;1-8(2,3)9-7-4-5-10-11-6-7;1-8(2)9-4-3-6-10-7-5-9;1-7(2,3)8-6-4-9-10-5-6/h8,10H,4-7H2,1-3H3;7,9H,4-6H2,1-3H3;8H,3-7H2,1-2H3;6,8H,4-5H2,1-3H3. The van der Waals surface area contributed by atoms with Crippen molar-refractivity contribution in [2.24, 2.45) is 0 Å². The summed E-state index contributed by atoms with van der Waals surface area (Å²) >= 11 is 2.10. The van der Waals surface area contributed by atoms with Crippen LogP contribution in [-0.2, 0) is 0 Å². The predicted molar refractivity (Wildman–Crippen MR) is 217 cm³/mol. The molecule has 4 aliphatic rings. The van der Waals surface area contributed by atoms with Gasteiger partial charge in [0.25, 0.3) is 0 Å². The molecule has 4 fully saturated rings. The minimum absolute atomic E-state index is 0.282. The summed E-state index contributed by atoms with van der Waals surface area (Å²) in [6, 6.07) is 2.96. The van der Waals surface area contributed by atoms with Crippen LogP contribution in [-0.4, -0.2) is 105 Å². The highest BCUT2D eigenvalue weighted by atomic mass is 33.1. The summed E-state index contributed by atoms with van der Waals surface area (Å²) in [4.78, 5) is 2.57. The normalized spacial score (nSPS) is 23.6. The van der Waals surface area contributed by atoms with Crippen molar-refractivity contribution in [2.45, 2.75) is 143 Å². The second-order valence-corrected chi connectivity index (χ2v) is 24.2. The second kappa shape index (κ2) is 23.6. The molecule has 0 aliphatic carbocycles. The van der Waals surface area contributed by atoms with E-state index in [1.807, 2.05) is 64.8 Å². The van der Waals surface area contributed by atoms with Gasteiger partial charge in [-0.15, -0.1) is 0 Å². The van der Waals surface area contributed by atoms with E-state index in [9.17, 15) is 0 Å². The molecule has 0 spiro atoms. The van der Waals surface area contributed by atoms with Crippen molar-refractivity contribution in [2.75, 3.05) is 59.1 Å². The highest BCUT2D eigenvalue weighted by Crippen LogP contribution is 2.32. The zero-order valence-electron chi connectivity index (χ0n) is 29.5. The summed E-state index contributed by atoms with van der Waals surface area (Å²) in [5.74, 6) is 10.4. The van der Waals surface area contributed by atoms with Crippen molar-refractivity contribution in [1.82, 2.24) is 20.9 Å². The molecule has 0 aromatic rings. The largest absolute Gasteiger partial charge is 0.309 e. The third kappa shape index (κ3) is 26.9. The van der Waals surface area contributed by atoms with Gasteiger partial charge in [0.15, 0.2) is 0 Å². The smallest absolute Gasteiger partial charge is 0.0270 e. The number of thioether (sulfide) groups is 1. The number of hydrogen-bond donors (Lipinski definition) is 3. The lowest BCUT2D eigenvalue weighted by Gasteiger charge is -2.30. The molecule has 3 N–H and O–H groups in total. The highest BCUT2D eigenvalue weighted by Gasteiger charge is 2.22. The van der Waals surface area contributed by atoms with Gasteiger partial charge in [0.2, 0.25) is 0 Å². The Morgan fingerprint density at radius 1 is 0.512 bits per heavy atom. The summed E-state index contributed by atoms with van der Waals surface area (Å²) in [6.07, 6.45) is 5.36. The Morgan fingerprint density at radius 2 is 0.930 bits per heavy atom. The lowest BCUT2D eigenvalue weighted by atomic mass is 10.0. The van der Waals surface area contributed by atoms with Gasteiger partial charge in [-0.3, -0.25) is 0 Å². The fourth-order valence-corrected chi connectivity index (χ4v) is 13.1. The molecule has 1 atom stereocenters. The van der Waals surface area contributed by atoms with Crippen LogP contribution in [0.1, 0.15) is 102 Å². The van der Waals surface area contributed by atoms with Crippen LogP contribution in [0.2, 0.25) is 0 Å². The van der Waals surface area contributed by atoms with Crippen LogP contribution in [0.15, 0.2) is 0 Å². The molecule has 0 saturated carbocycles. The number of hydrogen-bond acceptors (Lipinski definition) is 11. The molecule has 0 aromatic carbocycles. The van der Waals surface area contributed by atoms with Gasteiger partial charge in [0.1, 0.15) is 0 Å². The molecule has 258 valence electrons. The molecule has 4 rings (SSSR count). The first-order valence-corrected chi connectivity index (χ1v) is 25.0. The average Bonchev–Trinajstić information content (AvgIpc) is 3.09. The molecule has 0 aromatic heterocycles. The maximum atomic E-state index is 3.67. The first-order valence-electron chi connectivity index (χ1n) is 16.4. The van der Waals surface area contributed by atoms with Gasteiger partial charge in [-0.25, -0.2) is 0 Å². The van der Waals surface area contributed by atoms with Crippen molar-refractivity contribution in [3.63, 3.8) is 0 Å². The zero-order chi connectivity index (χ0) is 32.4. The fourth-order valence-electron chi connectivity index (χ4n) is 4.87. The monoisotopic (exact) mass is 732 g/mol. The Balaban J connectivity index is 0.000000287. The number of nitrogens with zero attached hydrogens (tertiary/aromatic N) is 1. The van der Waals surface area contributed by atoms with E-state index >= 15 is 0 Å². The SMILES string of the molecule is CC(C)(C)NC1CCSSC1.CC(C)(C)NC1CCSSCC1.CC(C)(C)NC1CSSC1.CC(C)N1CCCSCC1. The van der Waals surface area contributed by atoms with Crippen molar-refractivity contribution < 1.29 is 0 Å². The Kier molecular flexibility index (Phi) is 23.8. The van der Waals surface area contributed by atoms with Gasteiger partial charge in [-0.05, 0) is 114 Å². The first-order chi connectivity index (χ1) is 20.0. The van der Waals surface area contributed by atoms with Crippen molar-refractivity contribution in [3.8, 4) is 0 Å². The van der Waals surface area contributed by atoms with E-state index in [4.69, 9.17) is 0 Å². The average molecular weight is 733 g/mol. The van der Waals surface area contributed by atoms with Crippen molar-refractivity contribution >= 4 is 76.5 Å². The van der Waals surface area contributed by atoms with E-state index in [2.05, 4.69) is 109 Å². The molecule has 0 bridgehead atoms. The summed E-state index contributed by atoms with van der Waals surface area (Å²) in [7, 11) is 12.0. The first kappa shape index (κ1) is 43.3. The summed E-state index contributed by atoms with van der Waals surface area (Å²) in [5, 5.41) is 10.9. The Morgan fingerprint density at radius 3 is 1.42 bits per heavy atom. The molecular formula is C32H68N4S7. The second-order valence-electron chi connectivity index (χ2n) is 15.1. The minimum atomic E-state index is 0.282. The molecule has 11 heteroatoms. The summed E-state index contributed by atoms with van der Waals surface area (Å²) < 4.78 is 0. The van der Waals surface area contributed by atoms with Crippen LogP contribution < -0.4 is 16.0 Å². The van der Waals surface area contributed by atoms with E-state index in [-0.39, 0.29) is 16.6 Å². The topological polar surface area (TPSA) is 39.3 Å².